The predicted molar refractivity (Wildman–Crippen MR) is 60.9 cm³/mol. The van der Waals surface area contributed by atoms with E-state index in [2.05, 4.69) is 4.98 Å². The van der Waals surface area contributed by atoms with Gasteiger partial charge in [0.1, 0.15) is 0 Å². The van der Waals surface area contributed by atoms with E-state index in [0.717, 1.165) is 17.8 Å². The lowest BCUT2D eigenvalue weighted by Gasteiger charge is -1.97. The topological polar surface area (TPSA) is 111 Å². The molecule has 1 heterocycles. The first-order chi connectivity index (χ1) is 7.61. The molecule has 3 amide bonds. The smallest absolute Gasteiger partial charge is 0.318 e. The summed E-state index contributed by atoms with van der Waals surface area (Å²) in [7, 11) is 0. The van der Waals surface area contributed by atoms with Gasteiger partial charge in [0.05, 0.1) is 17.1 Å². The van der Waals surface area contributed by atoms with E-state index in [1.807, 2.05) is 5.32 Å². The normalized spacial score (nSPS) is 10.1. The molecule has 0 aliphatic rings. The van der Waals surface area contributed by atoms with E-state index in [9.17, 15) is 9.59 Å². The number of nitrogens with one attached hydrogen (secondary N) is 1. The molecule has 1 aromatic rings. The van der Waals surface area contributed by atoms with Crippen LogP contribution in [0.2, 0.25) is 0 Å². The molecule has 0 aromatic carbocycles. The molecule has 0 saturated carbocycles. The summed E-state index contributed by atoms with van der Waals surface area (Å²) in [6.45, 7) is 0.622. The van der Waals surface area contributed by atoms with Gasteiger partial charge in [-0.05, 0) is 13.0 Å². The number of primary amides is 1. The van der Waals surface area contributed by atoms with Gasteiger partial charge in [0.2, 0.25) is 5.91 Å². The van der Waals surface area contributed by atoms with E-state index in [0.29, 0.717) is 12.2 Å². The number of hydrogen-bond acceptors (Lipinski definition) is 5. The Morgan fingerprint density at radius 2 is 2.25 bits per heavy atom. The van der Waals surface area contributed by atoms with Gasteiger partial charge in [-0.1, -0.05) is 0 Å². The zero-order valence-corrected chi connectivity index (χ0v) is 9.55. The van der Waals surface area contributed by atoms with E-state index >= 15 is 0 Å². The highest BCUT2D eigenvalue weighted by Gasteiger charge is 2.08. The first-order valence-electron chi connectivity index (χ1n) is 4.84. The number of aryl methyl sites for hydroxylation is 1. The highest BCUT2D eigenvalue weighted by Crippen LogP contribution is 2.11. The highest BCUT2D eigenvalue weighted by atomic mass is 32.1. The Labute approximate surface area is 97.0 Å². The summed E-state index contributed by atoms with van der Waals surface area (Å²) in [4.78, 5) is 25.8. The summed E-state index contributed by atoms with van der Waals surface area (Å²) in [5.74, 6) is -0.442. The molecule has 0 saturated heterocycles. The maximum atomic E-state index is 11.2. The van der Waals surface area contributed by atoms with Crippen LogP contribution < -0.4 is 16.8 Å². The van der Waals surface area contributed by atoms with Gasteiger partial charge in [-0.15, -0.1) is 11.3 Å². The van der Waals surface area contributed by atoms with Crippen LogP contribution in [0.4, 0.5) is 4.79 Å². The first kappa shape index (κ1) is 12.6. The van der Waals surface area contributed by atoms with Crippen molar-refractivity contribution >= 4 is 23.3 Å². The third-order valence-corrected chi connectivity index (χ3v) is 2.76. The largest absolute Gasteiger partial charge is 0.351 e. The summed E-state index contributed by atoms with van der Waals surface area (Å²) in [6, 6.07) is -0.844. The summed E-state index contributed by atoms with van der Waals surface area (Å²) in [5.41, 5.74) is 10.8. The molecule has 7 heteroatoms. The number of carbonyl (C=O) groups excluding carboxylic acids is 2. The molecule has 6 nitrogen and oxygen atoms in total. The molecule has 16 heavy (non-hydrogen) atoms. The number of urea groups is 1. The summed E-state index contributed by atoms with van der Waals surface area (Å²) in [6.07, 6.45) is 1.76. The molecule has 0 aliphatic carbocycles. The van der Waals surface area contributed by atoms with Crippen molar-refractivity contribution in [3.8, 4) is 0 Å². The second kappa shape index (κ2) is 6.19. The Kier molecular flexibility index (Phi) is 4.87. The third kappa shape index (κ3) is 4.37. The van der Waals surface area contributed by atoms with Crippen LogP contribution in [0.25, 0.3) is 0 Å². The number of thiazole rings is 1. The minimum atomic E-state index is -0.844. The maximum Gasteiger partial charge on any atom is 0.318 e. The van der Waals surface area contributed by atoms with Gasteiger partial charge < -0.3 is 11.5 Å². The number of nitrogens with two attached hydrogens (primary N) is 2. The SMILES string of the molecule is NCCCc1nc(CC(=O)NC(N)=O)cs1. The van der Waals surface area contributed by atoms with Crippen LogP contribution in [0.5, 0.6) is 0 Å². The number of rotatable bonds is 5. The molecule has 1 rings (SSSR count). The number of nitrogens with zero attached hydrogens (tertiary/aromatic N) is 1. The fourth-order valence-electron chi connectivity index (χ4n) is 1.14. The fraction of sp³-hybridized carbons (Fsp3) is 0.444. The van der Waals surface area contributed by atoms with Crippen molar-refractivity contribution in [2.24, 2.45) is 11.5 Å². The van der Waals surface area contributed by atoms with Gasteiger partial charge >= 0.3 is 6.03 Å². The minimum absolute atomic E-state index is 0.0715. The van der Waals surface area contributed by atoms with Crippen molar-refractivity contribution in [3.05, 3.63) is 16.1 Å². The quantitative estimate of drug-likeness (QED) is 0.662. The maximum absolute atomic E-state index is 11.2. The highest BCUT2D eigenvalue weighted by molar-refractivity contribution is 7.09. The average molecular weight is 242 g/mol. The Morgan fingerprint density at radius 3 is 2.88 bits per heavy atom. The molecule has 0 bridgehead atoms. The van der Waals surface area contributed by atoms with Crippen LogP contribution in [0.3, 0.4) is 0 Å². The van der Waals surface area contributed by atoms with E-state index in [1.54, 1.807) is 5.38 Å². The van der Waals surface area contributed by atoms with Crippen molar-refractivity contribution in [1.29, 1.82) is 0 Å². The molecule has 0 fully saturated rings. The van der Waals surface area contributed by atoms with Crippen LogP contribution in [-0.2, 0) is 17.6 Å². The van der Waals surface area contributed by atoms with Crippen LogP contribution in [0, 0.1) is 0 Å². The van der Waals surface area contributed by atoms with Crippen molar-refractivity contribution in [2.75, 3.05) is 6.54 Å². The monoisotopic (exact) mass is 242 g/mol. The molecule has 5 N–H and O–H groups in total. The zero-order valence-electron chi connectivity index (χ0n) is 8.73. The second-order valence-corrected chi connectivity index (χ2v) is 4.16. The zero-order chi connectivity index (χ0) is 12.0. The lowest BCUT2D eigenvalue weighted by Crippen LogP contribution is -2.36. The lowest BCUT2D eigenvalue weighted by atomic mass is 10.3. The van der Waals surface area contributed by atoms with Crippen molar-refractivity contribution in [2.45, 2.75) is 19.3 Å². The molecule has 1 aromatic heterocycles. The van der Waals surface area contributed by atoms with E-state index in [4.69, 9.17) is 11.5 Å². The molecular weight excluding hydrogens is 228 g/mol. The summed E-state index contributed by atoms with van der Waals surface area (Å²) >= 11 is 1.49. The van der Waals surface area contributed by atoms with Gasteiger partial charge in [0.25, 0.3) is 0 Å². The molecule has 88 valence electrons. The number of aromatic nitrogens is 1. The van der Waals surface area contributed by atoms with Gasteiger partial charge in [-0.3, -0.25) is 10.1 Å². The van der Waals surface area contributed by atoms with Gasteiger partial charge in [0.15, 0.2) is 0 Å². The third-order valence-electron chi connectivity index (χ3n) is 1.80. The van der Waals surface area contributed by atoms with E-state index in [-0.39, 0.29) is 6.42 Å². The second-order valence-electron chi connectivity index (χ2n) is 3.21. The van der Waals surface area contributed by atoms with Crippen molar-refractivity contribution < 1.29 is 9.59 Å². The van der Waals surface area contributed by atoms with Crippen molar-refractivity contribution in [3.63, 3.8) is 0 Å². The van der Waals surface area contributed by atoms with Crippen LogP contribution in [0.1, 0.15) is 17.1 Å². The number of imide groups is 1. The Bertz CT molecular complexity index is 377. The molecule has 0 spiro atoms. The lowest BCUT2D eigenvalue weighted by molar-refractivity contribution is -0.119. The standard InChI is InChI=1S/C9H14N4O2S/c10-3-1-2-8-12-6(5-16-8)4-7(14)13-9(11)15/h5H,1-4,10H2,(H3,11,13,14,15). The number of hydrogen-bond donors (Lipinski definition) is 3. The fourth-order valence-corrected chi connectivity index (χ4v) is 1.98. The predicted octanol–water partition coefficient (Wildman–Crippen LogP) is -0.228. The first-order valence-corrected chi connectivity index (χ1v) is 5.72. The minimum Gasteiger partial charge on any atom is -0.351 e. The molecule has 0 atom stereocenters. The van der Waals surface area contributed by atoms with Crippen LogP contribution in [-0.4, -0.2) is 23.5 Å². The molecule has 0 unspecified atom stereocenters. The summed E-state index contributed by atoms with van der Waals surface area (Å²) < 4.78 is 0. The average Bonchev–Trinajstić information content (AvgIpc) is 2.61. The molecular formula is C9H14N4O2S. The van der Waals surface area contributed by atoms with Gasteiger partial charge in [-0.2, -0.15) is 0 Å². The molecule has 0 aliphatic heterocycles. The Hall–Kier alpha value is -1.47. The number of amides is 3. The number of carbonyl (C=O) groups is 2. The summed E-state index contributed by atoms with van der Waals surface area (Å²) in [5, 5.41) is 4.74. The van der Waals surface area contributed by atoms with E-state index < -0.39 is 11.9 Å². The Balaban J connectivity index is 2.45. The molecule has 0 radical (unpaired) electrons. The van der Waals surface area contributed by atoms with E-state index in [1.165, 1.54) is 11.3 Å². The Morgan fingerprint density at radius 1 is 1.50 bits per heavy atom. The van der Waals surface area contributed by atoms with Crippen LogP contribution >= 0.6 is 11.3 Å². The van der Waals surface area contributed by atoms with Gasteiger partial charge in [0, 0.05) is 11.8 Å². The van der Waals surface area contributed by atoms with Crippen LogP contribution in [0.15, 0.2) is 5.38 Å². The van der Waals surface area contributed by atoms with Crippen molar-refractivity contribution in [1.82, 2.24) is 10.3 Å². The van der Waals surface area contributed by atoms with Gasteiger partial charge in [-0.25, -0.2) is 9.78 Å².